The van der Waals surface area contributed by atoms with Crippen LogP contribution in [0.1, 0.15) is 30.7 Å². The van der Waals surface area contributed by atoms with Crippen LogP contribution in [0, 0.1) is 6.92 Å². The predicted octanol–water partition coefficient (Wildman–Crippen LogP) is 3.16. The zero-order valence-corrected chi connectivity index (χ0v) is 10.4. The molecule has 0 aliphatic heterocycles. The van der Waals surface area contributed by atoms with Crippen molar-refractivity contribution < 1.29 is 4.42 Å². The molecule has 0 saturated carbocycles. The Hall–Kier alpha value is -1.13. The summed E-state index contributed by atoms with van der Waals surface area (Å²) in [5.41, 5.74) is 6.79. The summed E-state index contributed by atoms with van der Waals surface area (Å²) >= 11 is 1.61. The third-order valence-electron chi connectivity index (χ3n) is 2.67. The number of nitrogens with zero attached hydrogens (tertiary/aromatic N) is 1. The molecule has 1 unspecified atom stereocenters. The van der Waals surface area contributed by atoms with Crippen molar-refractivity contribution in [2.45, 2.75) is 26.2 Å². The van der Waals surface area contributed by atoms with Crippen molar-refractivity contribution >= 4 is 11.3 Å². The zero-order valence-electron chi connectivity index (χ0n) is 9.56. The lowest BCUT2D eigenvalue weighted by molar-refractivity contribution is 0.547. The van der Waals surface area contributed by atoms with Gasteiger partial charge in [0.2, 0.25) is 0 Å². The van der Waals surface area contributed by atoms with Gasteiger partial charge in [-0.05, 0) is 25.5 Å². The second-order valence-corrected chi connectivity index (χ2v) is 4.69. The predicted molar refractivity (Wildman–Crippen MR) is 66.6 cm³/mol. The summed E-state index contributed by atoms with van der Waals surface area (Å²) < 4.78 is 5.55. The van der Waals surface area contributed by atoms with Gasteiger partial charge in [-0.3, -0.25) is 0 Å². The standard InChI is InChI=1S/C12H16N2OS/c1-3-9(6-13)10-7-16-12(14-10)11-5-4-8(2)15-11/h4-5,7,9H,3,6,13H2,1-2H3. The Morgan fingerprint density at radius 2 is 2.31 bits per heavy atom. The summed E-state index contributed by atoms with van der Waals surface area (Å²) in [7, 11) is 0. The smallest absolute Gasteiger partial charge is 0.162 e. The summed E-state index contributed by atoms with van der Waals surface area (Å²) in [6.07, 6.45) is 1.02. The number of aromatic nitrogens is 1. The first-order valence-corrected chi connectivity index (χ1v) is 6.34. The first-order valence-electron chi connectivity index (χ1n) is 5.47. The van der Waals surface area contributed by atoms with Gasteiger partial charge in [0.05, 0.1) is 5.69 Å². The molecule has 0 bridgehead atoms. The fraction of sp³-hybridized carbons (Fsp3) is 0.417. The molecule has 86 valence electrons. The van der Waals surface area contributed by atoms with Gasteiger partial charge in [0, 0.05) is 17.8 Å². The van der Waals surface area contributed by atoms with Crippen LogP contribution >= 0.6 is 11.3 Å². The van der Waals surface area contributed by atoms with Crippen LogP contribution < -0.4 is 5.73 Å². The highest BCUT2D eigenvalue weighted by Gasteiger charge is 2.13. The van der Waals surface area contributed by atoms with E-state index >= 15 is 0 Å². The maximum absolute atomic E-state index is 5.71. The number of thiazole rings is 1. The van der Waals surface area contributed by atoms with Crippen LogP contribution in [0.4, 0.5) is 0 Å². The second kappa shape index (κ2) is 4.80. The van der Waals surface area contributed by atoms with E-state index in [1.165, 1.54) is 0 Å². The first-order chi connectivity index (χ1) is 7.74. The Balaban J connectivity index is 2.25. The first kappa shape index (κ1) is 11.4. The minimum atomic E-state index is 0.362. The summed E-state index contributed by atoms with van der Waals surface area (Å²) in [6.45, 7) is 4.72. The van der Waals surface area contributed by atoms with E-state index in [9.17, 15) is 0 Å². The molecule has 0 amide bonds. The maximum atomic E-state index is 5.71. The SMILES string of the molecule is CCC(CN)c1csc(-c2ccc(C)o2)n1. The van der Waals surface area contributed by atoms with E-state index in [0.717, 1.165) is 28.6 Å². The van der Waals surface area contributed by atoms with Crippen LogP contribution in [-0.2, 0) is 0 Å². The molecule has 0 aromatic carbocycles. The zero-order chi connectivity index (χ0) is 11.5. The van der Waals surface area contributed by atoms with Crippen LogP contribution in [0.15, 0.2) is 21.9 Å². The van der Waals surface area contributed by atoms with E-state index in [4.69, 9.17) is 10.2 Å². The molecular formula is C12H16N2OS. The van der Waals surface area contributed by atoms with Gasteiger partial charge in [-0.1, -0.05) is 6.92 Å². The molecule has 0 aliphatic rings. The van der Waals surface area contributed by atoms with Crippen LogP contribution in [-0.4, -0.2) is 11.5 Å². The van der Waals surface area contributed by atoms with E-state index in [0.29, 0.717) is 12.5 Å². The molecule has 0 spiro atoms. The van der Waals surface area contributed by atoms with Gasteiger partial charge in [0.25, 0.3) is 0 Å². The minimum absolute atomic E-state index is 0.362. The summed E-state index contributed by atoms with van der Waals surface area (Å²) in [5, 5.41) is 3.02. The quantitative estimate of drug-likeness (QED) is 0.887. The molecule has 2 N–H and O–H groups in total. The number of hydrogen-bond donors (Lipinski definition) is 1. The molecule has 4 heteroatoms. The van der Waals surface area contributed by atoms with Gasteiger partial charge >= 0.3 is 0 Å². The van der Waals surface area contributed by atoms with Crippen molar-refractivity contribution in [1.29, 1.82) is 0 Å². The lowest BCUT2D eigenvalue weighted by Crippen LogP contribution is -2.11. The van der Waals surface area contributed by atoms with E-state index < -0.39 is 0 Å². The monoisotopic (exact) mass is 236 g/mol. The Morgan fingerprint density at radius 1 is 1.50 bits per heavy atom. The lowest BCUT2D eigenvalue weighted by Gasteiger charge is -2.07. The second-order valence-electron chi connectivity index (χ2n) is 3.83. The molecule has 0 aliphatic carbocycles. The Morgan fingerprint density at radius 3 is 2.88 bits per heavy atom. The summed E-state index contributed by atoms with van der Waals surface area (Å²) in [6, 6.07) is 3.91. The van der Waals surface area contributed by atoms with Crippen molar-refractivity contribution in [3.05, 3.63) is 29.0 Å². The van der Waals surface area contributed by atoms with E-state index in [1.807, 2.05) is 19.1 Å². The van der Waals surface area contributed by atoms with Crippen molar-refractivity contribution in [3.8, 4) is 10.8 Å². The molecular weight excluding hydrogens is 220 g/mol. The minimum Gasteiger partial charge on any atom is -0.459 e. The van der Waals surface area contributed by atoms with E-state index in [1.54, 1.807) is 11.3 Å². The molecule has 0 radical (unpaired) electrons. The van der Waals surface area contributed by atoms with Crippen LogP contribution in [0.2, 0.25) is 0 Å². The van der Waals surface area contributed by atoms with Crippen LogP contribution in [0.3, 0.4) is 0 Å². The summed E-state index contributed by atoms with van der Waals surface area (Å²) in [5.74, 6) is 2.12. The number of rotatable bonds is 4. The molecule has 0 saturated heterocycles. The number of furan rings is 1. The molecule has 0 fully saturated rings. The van der Waals surface area contributed by atoms with Gasteiger partial charge in [0.15, 0.2) is 10.8 Å². The average molecular weight is 236 g/mol. The molecule has 2 aromatic rings. The third-order valence-corrected chi connectivity index (χ3v) is 3.54. The van der Waals surface area contributed by atoms with Crippen LogP contribution in [0.5, 0.6) is 0 Å². The van der Waals surface area contributed by atoms with Crippen molar-refractivity contribution in [2.24, 2.45) is 5.73 Å². The molecule has 3 nitrogen and oxygen atoms in total. The highest BCUT2D eigenvalue weighted by molar-refractivity contribution is 7.13. The fourth-order valence-electron chi connectivity index (χ4n) is 1.63. The normalized spacial score (nSPS) is 12.9. The van der Waals surface area contributed by atoms with Gasteiger partial charge in [-0.15, -0.1) is 11.3 Å². The maximum Gasteiger partial charge on any atom is 0.162 e. The number of nitrogens with two attached hydrogens (primary N) is 1. The fourth-order valence-corrected chi connectivity index (χ4v) is 2.49. The highest BCUT2D eigenvalue weighted by atomic mass is 32.1. The van der Waals surface area contributed by atoms with Gasteiger partial charge in [0.1, 0.15) is 5.76 Å². The summed E-state index contributed by atoms with van der Waals surface area (Å²) in [4.78, 5) is 4.58. The van der Waals surface area contributed by atoms with Gasteiger partial charge in [-0.25, -0.2) is 4.98 Å². The number of aryl methyl sites for hydroxylation is 1. The molecule has 2 aromatic heterocycles. The van der Waals surface area contributed by atoms with Crippen molar-refractivity contribution in [2.75, 3.05) is 6.54 Å². The topological polar surface area (TPSA) is 52.0 Å². The van der Waals surface area contributed by atoms with Crippen molar-refractivity contribution in [1.82, 2.24) is 4.98 Å². The molecule has 2 rings (SSSR count). The van der Waals surface area contributed by atoms with E-state index in [2.05, 4.69) is 17.3 Å². The van der Waals surface area contributed by atoms with E-state index in [-0.39, 0.29) is 0 Å². The van der Waals surface area contributed by atoms with Gasteiger partial charge < -0.3 is 10.2 Å². The van der Waals surface area contributed by atoms with Gasteiger partial charge in [-0.2, -0.15) is 0 Å². The van der Waals surface area contributed by atoms with Crippen LogP contribution in [0.25, 0.3) is 10.8 Å². The molecule has 1 atom stereocenters. The Bertz CT molecular complexity index is 457. The largest absolute Gasteiger partial charge is 0.459 e. The lowest BCUT2D eigenvalue weighted by atomic mass is 10.0. The Kier molecular flexibility index (Phi) is 3.41. The average Bonchev–Trinajstić information content (AvgIpc) is 2.89. The number of hydrogen-bond acceptors (Lipinski definition) is 4. The van der Waals surface area contributed by atoms with Crippen molar-refractivity contribution in [3.63, 3.8) is 0 Å². The highest BCUT2D eigenvalue weighted by Crippen LogP contribution is 2.28. The molecule has 16 heavy (non-hydrogen) atoms. The Labute approximate surface area is 99.3 Å². The molecule has 2 heterocycles. The third kappa shape index (κ3) is 2.18.